The number of hydrogen-bond acceptors (Lipinski definition) is 5. The average Bonchev–Trinajstić information content (AvgIpc) is 3.13. The van der Waals surface area contributed by atoms with Crippen LogP contribution in [0.1, 0.15) is 41.3 Å². The quantitative estimate of drug-likeness (QED) is 0.295. The maximum Gasteiger partial charge on any atom is 0.573 e. The molecule has 1 N–H and O–H groups in total. The van der Waals surface area contributed by atoms with Crippen LogP contribution in [0, 0.1) is 0 Å². The molecular formula is C27H21F3N2O4. The number of aromatic nitrogens is 1. The van der Waals surface area contributed by atoms with Crippen LogP contribution in [0.3, 0.4) is 0 Å². The first-order valence-electron chi connectivity index (χ1n) is 11.4. The number of halogens is 3. The van der Waals surface area contributed by atoms with Crippen molar-refractivity contribution in [2.75, 3.05) is 4.90 Å². The zero-order valence-electron chi connectivity index (χ0n) is 19.0. The Hall–Kier alpha value is -4.14. The Morgan fingerprint density at radius 3 is 2.47 bits per heavy atom. The van der Waals surface area contributed by atoms with Gasteiger partial charge < -0.3 is 9.84 Å². The highest BCUT2D eigenvalue weighted by molar-refractivity contribution is 6.51. The van der Waals surface area contributed by atoms with Gasteiger partial charge in [-0.25, -0.2) is 0 Å². The third-order valence-corrected chi connectivity index (χ3v) is 6.36. The number of aryl methyl sites for hydroxylation is 2. The summed E-state index contributed by atoms with van der Waals surface area (Å²) in [5.74, 6) is -2.85. The molecule has 36 heavy (non-hydrogen) atoms. The molecule has 5 rings (SSSR count). The standard InChI is InChI=1S/C27H21F3N2O4/c28-27(29,30)36-20-9-5-8-19(15-20)32-23(21-10-3-4-13-31-21)22(25(34)26(32)35)24(33)18-12-11-16-6-1-2-7-17(16)14-18/h3-5,8-15,23,33H,1-2,6-7H2/b24-22-. The molecule has 0 radical (unpaired) electrons. The molecular weight excluding hydrogens is 473 g/mol. The van der Waals surface area contributed by atoms with E-state index in [0.717, 1.165) is 48.3 Å². The van der Waals surface area contributed by atoms with E-state index in [0.29, 0.717) is 5.56 Å². The van der Waals surface area contributed by atoms with Crippen molar-refractivity contribution < 1.29 is 32.6 Å². The van der Waals surface area contributed by atoms with Crippen molar-refractivity contribution >= 4 is 23.1 Å². The summed E-state index contributed by atoms with van der Waals surface area (Å²) in [6, 6.07) is 14.0. The molecule has 1 atom stereocenters. The number of ether oxygens (including phenoxy) is 1. The fourth-order valence-electron chi connectivity index (χ4n) is 4.78. The Labute approximate surface area is 204 Å². The number of nitrogens with zero attached hydrogens (tertiary/aromatic N) is 2. The highest BCUT2D eigenvalue weighted by Crippen LogP contribution is 2.42. The average molecular weight is 494 g/mol. The van der Waals surface area contributed by atoms with E-state index in [2.05, 4.69) is 9.72 Å². The van der Waals surface area contributed by atoms with Crippen molar-refractivity contribution in [1.29, 1.82) is 0 Å². The number of alkyl halides is 3. The zero-order valence-corrected chi connectivity index (χ0v) is 19.0. The summed E-state index contributed by atoms with van der Waals surface area (Å²) in [5, 5.41) is 11.3. The van der Waals surface area contributed by atoms with Crippen LogP contribution in [-0.4, -0.2) is 28.1 Å². The summed E-state index contributed by atoms with van der Waals surface area (Å²) in [7, 11) is 0. The molecule has 1 aliphatic heterocycles. The molecule has 1 fully saturated rings. The first-order valence-corrected chi connectivity index (χ1v) is 11.4. The Kier molecular flexibility index (Phi) is 5.99. The lowest BCUT2D eigenvalue weighted by Gasteiger charge is -2.25. The van der Waals surface area contributed by atoms with Crippen molar-refractivity contribution in [2.45, 2.75) is 38.1 Å². The molecule has 6 nitrogen and oxygen atoms in total. The van der Waals surface area contributed by atoms with Crippen molar-refractivity contribution in [1.82, 2.24) is 4.98 Å². The molecule has 9 heteroatoms. The molecule has 184 valence electrons. The number of fused-ring (bicyclic) bond motifs is 1. The minimum absolute atomic E-state index is 0.000931. The van der Waals surface area contributed by atoms with Crippen LogP contribution in [0.5, 0.6) is 5.75 Å². The summed E-state index contributed by atoms with van der Waals surface area (Å²) < 4.78 is 42.4. The highest BCUT2D eigenvalue weighted by Gasteiger charge is 2.48. The summed E-state index contributed by atoms with van der Waals surface area (Å²) >= 11 is 0. The Balaban J connectivity index is 1.65. The van der Waals surface area contributed by atoms with E-state index in [1.165, 1.54) is 23.9 Å². The molecule has 0 spiro atoms. The summed E-state index contributed by atoms with van der Waals surface area (Å²) in [4.78, 5) is 31.8. The number of ketones is 1. The highest BCUT2D eigenvalue weighted by atomic mass is 19.4. The number of aliphatic hydroxyl groups is 1. The second kappa shape index (κ2) is 9.14. The minimum Gasteiger partial charge on any atom is -0.507 e. The van der Waals surface area contributed by atoms with Gasteiger partial charge in [0.1, 0.15) is 17.6 Å². The predicted octanol–water partition coefficient (Wildman–Crippen LogP) is 5.49. The number of benzene rings is 2. The molecule has 1 saturated heterocycles. The van der Waals surface area contributed by atoms with Crippen molar-refractivity contribution in [3.63, 3.8) is 0 Å². The Morgan fingerprint density at radius 1 is 0.972 bits per heavy atom. The van der Waals surface area contributed by atoms with Crippen LogP contribution >= 0.6 is 0 Å². The van der Waals surface area contributed by atoms with Gasteiger partial charge in [0, 0.05) is 23.5 Å². The van der Waals surface area contributed by atoms with Crippen LogP contribution in [0.25, 0.3) is 5.76 Å². The molecule has 0 saturated carbocycles. The van der Waals surface area contributed by atoms with Gasteiger partial charge in [-0.3, -0.25) is 19.5 Å². The fourth-order valence-corrected chi connectivity index (χ4v) is 4.78. The number of rotatable bonds is 4. The maximum absolute atomic E-state index is 13.2. The van der Waals surface area contributed by atoms with E-state index in [1.54, 1.807) is 24.3 Å². The van der Waals surface area contributed by atoms with Crippen LogP contribution in [0.2, 0.25) is 0 Å². The van der Waals surface area contributed by atoms with Gasteiger partial charge >= 0.3 is 6.36 Å². The second-order valence-electron chi connectivity index (χ2n) is 8.66. The van der Waals surface area contributed by atoms with E-state index in [-0.39, 0.29) is 22.7 Å². The smallest absolute Gasteiger partial charge is 0.507 e. The lowest BCUT2D eigenvalue weighted by Crippen LogP contribution is -2.30. The van der Waals surface area contributed by atoms with E-state index >= 15 is 0 Å². The first kappa shape index (κ1) is 23.6. The molecule has 2 heterocycles. The van der Waals surface area contributed by atoms with E-state index in [4.69, 9.17) is 0 Å². The Morgan fingerprint density at radius 2 is 1.75 bits per heavy atom. The van der Waals surface area contributed by atoms with E-state index in [9.17, 15) is 27.9 Å². The van der Waals surface area contributed by atoms with Crippen LogP contribution < -0.4 is 9.64 Å². The topological polar surface area (TPSA) is 79.7 Å². The predicted molar refractivity (Wildman–Crippen MR) is 125 cm³/mol. The van der Waals surface area contributed by atoms with Gasteiger partial charge in [0.2, 0.25) is 0 Å². The van der Waals surface area contributed by atoms with Gasteiger partial charge in [0.15, 0.2) is 0 Å². The fraction of sp³-hybridized carbons (Fsp3) is 0.222. The lowest BCUT2D eigenvalue weighted by molar-refractivity contribution is -0.274. The molecule has 3 aromatic rings. The van der Waals surface area contributed by atoms with Crippen molar-refractivity contribution in [2.24, 2.45) is 0 Å². The van der Waals surface area contributed by atoms with Crippen LogP contribution in [0.4, 0.5) is 18.9 Å². The maximum atomic E-state index is 13.2. The van der Waals surface area contributed by atoms with Gasteiger partial charge in [-0.1, -0.05) is 24.3 Å². The molecule has 1 unspecified atom stereocenters. The van der Waals surface area contributed by atoms with E-state index in [1.807, 2.05) is 12.1 Å². The van der Waals surface area contributed by atoms with Gasteiger partial charge in [-0.05, 0) is 67.1 Å². The molecule has 2 aliphatic rings. The largest absolute Gasteiger partial charge is 0.573 e. The molecule has 1 amide bonds. The molecule has 1 aromatic heterocycles. The molecule has 2 aromatic carbocycles. The summed E-state index contributed by atoms with van der Waals surface area (Å²) in [6.45, 7) is 0. The SMILES string of the molecule is O=C1C(=O)N(c2cccc(OC(F)(F)F)c2)C(c2ccccn2)/C1=C(/O)c1ccc2c(c1)CCCC2. The second-order valence-corrected chi connectivity index (χ2v) is 8.66. The number of Topliss-reactive ketones (excluding diaryl/α,β-unsaturated/α-hetero) is 1. The first-order chi connectivity index (χ1) is 17.2. The van der Waals surface area contributed by atoms with Gasteiger partial charge in [-0.2, -0.15) is 0 Å². The van der Waals surface area contributed by atoms with Crippen LogP contribution in [-0.2, 0) is 22.4 Å². The number of aliphatic hydroxyl groups excluding tert-OH is 1. The number of anilines is 1. The summed E-state index contributed by atoms with van der Waals surface area (Å²) in [6.07, 6.45) is 0.425. The van der Waals surface area contributed by atoms with Crippen molar-refractivity contribution in [3.05, 3.63) is 94.8 Å². The van der Waals surface area contributed by atoms with Crippen LogP contribution in [0.15, 0.2) is 72.4 Å². The summed E-state index contributed by atoms with van der Waals surface area (Å²) in [5.41, 5.74) is 2.74. The van der Waals surface area contributed by atoms with Gasteiger partial charge in [0.05, 0.1) is 11.3 Å². The number of carbonyl (C=O) groups is 2. The number of pyridine rings is 1. The third-order valence-electron chi connectivity index (χ3n) is 6.36. The lowest BCUT2D eigenvalue weighted by atomic mass is 9.89. The van der Waals surface area contributed by atoms with Gasteiger partial charge in [-0.15, -0.1) is 13.2 Å². The van der Waals surface area contributed by atoms with Gasteiger partial charge in [0.25, 0.3) is 11.7 Å². The van der Waals surface area contributed by atoms with Crippen molar-refractivity contribution in [3.8, 4) is 5.75 Å². The molecule has 1 aliphatic carbocycles. The zero-order chi connectivity index (χ0) is 25.4. The molecule has 0 bridgehead atoms. The Bertz CT molecular complexity index is 1370. The van der Waals surface area contributed by atoms with E-state index < -0.39 is 29.8 Å². The number of carbonyl (C=O) groups excluding carboxylic acids is 2. The minimum atomic E-state index is -4.93. The number of amides is 1. The third kappa shape index (κ3) is 4.44. The normalized spacial score (nSPS) is 19.3. The number of hydrogen-bond donors (Lipinski definition) is 1. The monoisotopic (exact) mass is 494 g/mol.